The van der Waals surface area contributed by atoms with Crippen molar-refractivity contribution in [1.82, 2.24) is 19.9 Å². The van der Waals surface area contributed by atoms with Crippen LogP contribution in [-0.4, -0.2) is 51.2 Å². The average molecular weight is 313 g/mol. The fourth-order valence-electron chi connectivity index (χ4n) is 3.00. The Morgan fingerprint density at radius 1 is 1.26 bits per heavy atom. The van der Waals surface area contributed by atoms with Crippen molar-refractivity contribution in [2.75, 3.05) is 31.6 Å². The zero-order valence-electron chi connectivity index (χ0n) is 13.4. The molecule has 1 fully saturated rings. The van der Waals surface area contributed by atoms with E-state index in [0.29, 0.717) is 11.7 Å². The van der Waals surface area contributed by atoms with Crippen molar-refractivity contribution >= 4 is 11.6 Å². The molecule has 0 saturated carbocycles. The van der Waals surface area contributed by atoms with Crippen LogP contribution in [0.5, 0.6) is 0 Å². The van der Waals surface area contributed by atoms with Gasteiger partial charge >= 0.3 is 0 Å². The van der Waals surface area contributed by atoms with Crippen molar-refractivity contribution < 1.29 is 5.11 Å². The normalized spacial score (nSPS) is 18.8. The molecule has 122 valence electrons. The predicted molar refractivity (Wildman–Crippen MR) is 89.8 cm³/mol. The first-order chi connectivity index (χ1) is 11.2. The van der Waals surface area contributed by atoms with E-state index in [1.807, 2.05) is 31.3 Å². The first-order valence-electron chi connectivity index (χ1n) is 8.10. The lowest BCUT2D eigenvalue weighted by Gasteiger charge is -2.31. The van der Waals surface area contributed by atoms with Crippen molar-refractivity contribution in [3.8, 4) is 0 Å². The van der Waals surface area contributed by atoms with Gasteiger partial charge in [0.1, 0.15) is 11.6 Å². The summed E-state index contributed by atoms with van der Waals surface area (Å²) in [6.07, 6.45) is 5.89. The number of rotatable bonds is 5. The third-order valence-electron chi connectivity index (χ3n) is 4.16. The summed E-state index contributed by atoms with van der Waals surface area (Å²) < 4.78 is 0. The smallest absolute Gasteiger partial charge is 0.150 e. The molecule has 0 amide bonds. The number of hydrogen-bond acceptors (Lipinski definition) is 6. The molecule has 0 aromatic carbocycles. The molecule has 2 aromatic heterocycles. The second kappa shape index (κ2) is 7.48. The monoisotopic (exact) mass is 313 g/mol. The molecule has 0 spiro atoms. The SMILES string of the molecule is Cc1cccc(Nc2cnc(C3CCCN(CCO)C3)cn2)n1. The quantitative estimate of drug-likeness (QED) is 0.880. The molecule has 1 atom stereocenters. The molecule has 1 saturated heterocycles. The van der Waals surface area contributed by atoms with Crippen LogP contribution < -0.4 is 5.32 Å². The molecule has 3 heterocycles. The molecule has 1 aliphatic heterocycles. The number of aromatic nitrogens is 3. The zero-order valence-corrected chi connectivity index (χ0v) is 13.4. The van der Waals surface area contributed by atoms with Crippen LogP contribution in [-0.2, 0) is 0 Å². The second-order valence-electron chi connectivity index (χ2n) is 5.98. The number of piperidine rings is 1. The topological polar surface area (TPSA) is 74.2 Å². The van der Waals surface area contributed by atoms with E-state index in [0.717, 1.165) is 49.7 Å². The van der Waals surface area contributed by atoms with E-state index in [-0.39, 0.29) is 6.61 Å². The molecule has 6 nitrogen and oxygen atoms in total. The first kappa shape index (κ1) is 15.8. The van der Waals surface area contributed by atoms with E-state index in [1.54, 1.807) is 6.20 Å². The molecular weight excluding hydrogens is 290 g/mol. The van der Waals surface area contributed by atoms with Crippen LogP contribution >= 0.6 is 0 Å². The summed E-state index contributed by atoms with van der Waals surface area (Å²) in [6, 6.07) is 5.84. The van der Waals surface area contributed by atoms with Gasteiger partial charge in [-0.3, -0.25) is 4.98 Å². The maximum Gasteiger partial charge on any atom is 0.150 e. The molecule has 0 radical (unpaired) electrons. The van der Waals surface area contributed by atoms with Gasteiger partial charge in [0.15, 0.2) is 0 Å². The van der Waals surface area contributed by atoms with Crippen molar-refractivity contribution in [2.24, 2.45) is 0 Å². The molecule has 1 unspecified atom stereocenters. The van der Waals surface area contributed by atoms with Gasteiger partial charge in [-0.25, -0.2) is 9.97 Å². The highest BCUT2D eigenvalue weighted by Gasteiger charge is 2.22. The zero-order chi connectivity index (χ0) is 16.1. The van der Waals surface area contributed by atoms with Crippen molar-refractivity contribution in [1.29, 1.82) is 0 Å². The third kappa shape index (κ3) is 4.24. The van der Waals surface area contributed by atoms with Crippen molar-refractivity contribution in [3.05, 3.63) is 42.0 Å². The Balaban J connectivity index is 1.64. The Kier molecular flexibility index (Phi) is 5.15. The lowest BCUT2D eigenvalue weighted by molar-refractivity contribution is 0.160. The summed E-state index contributed by atoms with van der Waals surface area (Å²) in [6.45, 7) is 4.92. The number of pyridine rings is 1. The van der Waals surface area contributed by atoms with Crippen LogP contribution in [0, 0.1) is 6.92 Å². The first-order valence-corrected chi connectivity index (χ1v) is 8.10. The Morgan fingerprint density at radius 3 is 2.91 bits per heavy atom. The lowest BCUT2D eigenvalue weighted by atomic mass is 9.95. The summed E-state index contributed by atoms with van der Waals surface area (Å²) in [5, 5.41) is 12.3. The van der Waals surface area contributed by atoms with Crippen LogP contribution in [0.4, 0.5) is 11.6 Å². The minimum Gasteiger partial charge on any atom is -0.395 e. The molecule has 0 bridgehead atoms. The Morgan fingerprint density at radius 2 is 2.17 bits per heavy atom. The van der Waals surface area contributed by atoms with Crippen molar-refractivity contribution in [3.63, 3.8) is 0 Å². The van der Waals surface area contributed by atoms with Gasteiger partial charge in [-0.2, -0.15) is 0 Å². The minimum absolute atomic E-state index is 0.213. The van der Waals surface area contributed by atoms with E-state index >= 15 is 0 Å². The summed E-state index contributed by atoms with van der Waals surface area (Å²) in [4.78, 5) is 15.7. The van der Waals surface area contributed by atoms with Crippen LogP contribution in [0.15, 0.2) is 30.6 Å². The standard InChI is InChI=1S/C17H23N5O/c1-13-4-2-6-16(20-13)21-17-11-18-15(10-19-17)14-5-3-7-22(12-14)8-9-23/h2,4,6,10-11,14,23H,3,5,7-9,12H2,1H3,(H,19,20,21). The second-order valence-corrected chi connectivity index (χ2v) is 5.98. The summed E-state index contributed by atoms with van der Waals surface area (Å²) in [7, 11) is 0. The molecule has 2 aromatic rings. The van der Waals surface area contributed by atoms with Gasteiger partial charge in [0.05, 0.1) is 24.7 Å². The van der Waals surface area contributed by atoms with E-state index in [9.17, 15) is 0 Å². The molecule has 0 aliphatic carbocycles. The van der Waals surface area contributed by atoms with E-state index in [4.69, 9.17) is 5.11 Å². The number of nitrogens with zero attached hydrogens (tertiary/aromatic N) is 4. The minimum atomic E-state index is 0.213. The lowest BCUT2D eigenvalue weighted by Crippen LogP contribution is -2.36. The van der Waals surface area contributed by atoms with Crippen LogP contribution in [0.2, 0.25) is 0 Å². The van der Waals surface area contributed by atoms with E-state index in [2.05, 4.69) is 25.2 Å². The number of aliphatic hydroxyl groups is 1. The number of hydrogen-bond donors (Lipinski definition) is 2. The number of aryl methyl sites for hydroxylation is 1. The summed E-state index contributed by atoms with van der Waals surface area (Å²) in [5.74, 6) is 1.88. The largest absolute Gasteiger partial charge is 0.395 e. The average Bonchev–Trinajstić information content (AvgIpc) is 2.56. The molecule has 23 heavy (non-hydrogen) atoms. The number of likely N-dealkylation sites (tertiary alicyclic amines) is 1. The van der Waals surface area contributed by atoms with Gasteiger partial charge in [-0.1, -0.05) is 6.07 Å². The highest BCUT2D eigenvalue weighted by atomic mass is 16.3. The molecule has 1 aliphatic rings. The number of β-amino-alcohol motifs (C(OH)–C–C–N with tert-alkyl or cyclic N) is 1. The number of anilines is 2. The van der Waals surface area contributed by atoms with E-state index < -0.39 is 0 Å². The maximum atomic E-state index is 9.09. The molecule has 3 rings (SSSR count). The van der Waals surface area contributed by atoms with E-state index in [1.165, 1.54) is 0 Å². The van der Waals surface area contributed by atoms with Gasteiger partial charge in [-0.05, 0) is 38.4 Å². The number of aliphatic hydroxyl groups excluding tert-OH is 1. The Bertz CT molecular complexity index is 629. The maximum absolute atomic E-state index is 9.09. The highest BCUT2D eigenvalue weighted by molar-refractivity contribution is 5.50. The van der Waals surface area contributed by atoms with Crippen LogP contribution in [0.25, 0.3) is 0 Å². The van der Waals surface area contributed by atoms with Gasteiger partial charge in [0.25, 0.3) is 0 Å². The molecular formula is C17H23N5O. The highest BCUT2D eigenvalue weighted by Crippen LogP contribution is 2.25. The number of nitrogens with one attached hydrogen (secondary N) is 1. The molecule has 2 N–H and O–H groups in total. The fraction of sp³-hybridized carbons (Fsp3) is 0.471. The Hall–Kier alpha value is -2.05. The molecule has 6 heteroatoms. The third-order valence-corrected chi connectivity index (χ3v) is 4.16. The fourth-order valence-corrected chi connectivity index (χ4v) is 3.00. The van der Waals surface area contributed by atoms with Crippen molar-refractivity contribution in [2.45, 2.75) is 25.7 Å². The predicted octanol–water partition coefficient (Wildman–Crippen LogP) is 2.10. The summed E-state index contributed by atoms with van der Waals surface area (Å²) >= 11 is 0. The van der Waals surface area contributed by atoms with Crippen LogP contribution in [0.1, 0.15) is 30.1 Å². The van der Waals surface area contributed by atoms with Gasteiger partial charge in [0.2, 0.25) is 0 Å². The van der Waals surface area contributed by atoms with Gasteiger partial charge in [-0.15, -0.1) is 0 Å². The van der Waals surface area contributed by atoms with Gasteiger partial charge in [0, 0.05) is 24.7 Å². The van der Waals surface area contributed by atoms with Gasteiger partial charge < -0.3 is 15.3 Å². The summed E-state index contributed by atoms with van der Waals surface area (Å²) in [5.41, 5.74) is 1.99. The van der Waals surface area contributed by atoms with Crippen LogP contribution in [0.3, 0.4) is 0 Å². The Labute approximate surface area is 136 Å².